The molecule has 1 heterocycles. The van der Waals surface area contributed by atoms with Gasteiger partial charge in [0.15, 0.2) is 0 Å². The fourth-order valence-corrected chi connectivity index (χ4v) is 2.07. The number of nitrogens with zero attached hydrogens (tertiary/aromatic N) is 1. The minimum atomic E-state index is -4.32. The SMILES string of the molecule is FC(F)(F)c1ccc(-c2cc(-c3ccccc3)n[nH]2)cc1. The zero-order valence-corrected chi connectivity index (χ0v) is 10.9. The second-order valence-electron chi connectivity index (χ2n) is 4.61. The molecular weight excluding hydrogens is 277 g/mol. The highest BCUT2D eigenvalue weighted by Crippen LogP contribution is 2.31. The molecule has 2 aromatic carbocycles. The van der Waals surface area contributed by atoms with Gasteiger partial charge in [-0.05, 0) is 23.8 Å². The van der Waals surface area contributed by atoms with E-state index in [1.54, 1.807) is 0 Å². The summed E-state index contributed by atoms with van der Waals surface area (Å²) in [7, 11) is 0. The van der Waals surface area contributed by atoms with Crippen LogP contribution in [0.5, 0.6) is 0 Å². The van der Waals surface area contributed by atoms with Crippen LogP contribution in [0.3, 0.4) is 0 Å². The first kappa shape index (κ1) is 13.4. The van der Waals surface area contributed by atoms with Crippen LogP contribution in [-0.4, -0.2) is 10.2 Å². The maximum atomic E-state index is 12.5. The number of hydrogen-bond donors (Lipinski definition) is 1. The lowest BCUT2D eigenvalue weighted by molar-refractivity contribution is -0.137. The second kappa shape index (κ2) is 5.09. The molecule has 0 aliphatic heterocycles. The zero-order valence-electron chi connectivity index (χ0n) is 10.9. The number of rotatable bonds is 2. The Bertz CT molecular complexity index is 728. The first-order chi connectivity index (χ1) is 10.0. The van der Waals surface area contributed by atoms with Crippen LogP contribution in [-0.2, 0) is 6.18 Å². The first-order valence-electron chi connectivity index (χ1n) is 6.32. The summed E-state index contributed by atoms with van der Waals surface area (Å²) >= 11 is 0. The molecule has 0 saturated carbocycles. The smallest absolute Gasteiger partial charge is 0.277 e. The minimum absolute atomic E-state index is 0.658. The predicted octanol–water partition coefficient (Wildman–Crippen LogP) is 4.76. The van der Waals surface area contributed by atoms with E-state index in [0.29, 0.717) is 11.3 Å². The first-order valence-corrected chi connectivity index (χ1v) is 6.32. The van der Waals surface area contributed by atoms with Crippen LogP contribution < -0.4 is 0 Å². The molecule has 3 rings (SSSR count). The molecule has 0 aliphatic rings. The molecule has 1 aromatic heterocycles. The second-order valence-corrected chi connectivity index (χ2v) is 4.61. The number of nitrogens with one attached hydrogen (secondary N) is 1. The molecule has 2 nitrogen and oxygen atoms in total. The van der Waals surface area contributed by atoms with Crippen molar-refractivity contribution in [1.82, 2.24) is 10.2 Å². The molecule has 0 aliphatic carbocycles. The summed E-state index contributed by atoms with van der Waals surface area (Å²) in [6, 6.07) is 16.4. The van der Waals surface area contributed by atoms with Gasteiger partial charge in [0.25, 0.3) is 0 Å². The van der Waals surface area contributed by atoms with Crippen molar-refractivity contribution in [2.45, 2.75) is 6.18 Å². The fraction of sp³-hybridized carbons (Fsp3) is 0.0625. The number of aromatic amines is 1. The van der Waals surface area contributed by atoms with Crippen molar-refractivity contribution in [3.8, 4) is 22.5 Å². The Morgan fingerprint density at radius 1 is 0.810 bits per heavy atom. The summed E-state index contributed by atoms with van der Waals surface area (Å²) in [5.41, 5.74) is 2.40. The van der Waals surface area contributed by atoms with E-state index in [2.05, 4.69) is 10.2 Å². The third kappa shape index (κ3) is 2.81. The Balaban J connectivity index is 1.90. The number of H-pyrrole nitrogens is 1. The Hall–Kier alpha value is -2.56. The van der Waals surface area contributed by atoms with Crippen molar-refractivity contribution in [3.63, 3.8) is 0 Å². The molecule has 0 radical (unpaired) electrons. The molecular formula is C16H11F3N2. The van der Waals surface area contributed by atoms with E-state index in [-0.39, 0.29) is 0 Å². The van der Waals surface area contributed by atoms with Crippen LogP contribution in [0, 0.1) is 0 Å². The van der Waals surface area contributed by atoms with Gasteiger partial charge in [-0.15, -0.1) is 0 Å². The highest BCUT2D eigenvalue weighted by atomic mass is 19.4. The average molecular weight is 288 g/mol. The van der Waals surface area contributed by atoms with Crippen molar-refractivity contribution in [3.05, 3.63) is 66.2 Å². The zero-order chi connectivity index (χ0) is 14.9. The van der Waals surface area contributed by atoms with E-state index >= 15 is 0 Å². The summed E-state index contributed by atoms with van der Waals surface area (Å²) in [6.45, 7) is 0. The number of alkyl halides is 3. The molecule has 106 valence electrons. The molecule has 1 N–H and O–H groups in total. The number of halogens is 3. The van der Waals surface area contributed by atoms with Crippen molar-refractivity contribution < 1.29 is 13.2 Å². The number of hydrogen-bond acceptors (Lipinski definition) is 1. The van der Waals surface area contributed by atoms with Gasteiger partial charge in [-0.3, -0.25) is 5.10 Å². The van der Waals surface area contributed by atoms with Gasteiger partial charge >= 0.3 is 6.18 Å². The van der Waals surface area contributed by atoms with Gasteiger partial charge < -0.3 is 0 Å². The van der Waals surface area contributed by atoms with E-state index in [0.717, 1.165) is 23.4 Å². The molecule has 0 fully saturated rings. The van der Waals surface area contributed by atoms with E-state index in [1.807, 2.05) is 36.4 Å². The van der Waals surface area contributed by atoms with Crippen molar-refractivity contribution in [2.24, 2.45) is 0 Å². The van der Waals surface area contributed by atoms with Gasteiger partial charge in [0.1, 0.15) is 0 Å². The molecule has 5 heteroatoms. The number of benzene rings is 2. The van der Waals surface area contributed by atoms with Gasteiger partial charge in [-0.2, -0.15) is 18.3 Å². The Morgan fingerprint density at radius 2 is 1.48 bits per heavy atom. The maximum absolute atomic E-state index is 12.5. The summed E-state index contributed by atoms with van der Waals surface area (Å²) in [4.78, 5) is 0. The molecule has 3 aromatic rings. The molecule has 0 atom stereocenters. The highest BCUT2D eigenvalue weighted by Gasteiger charge is 2.30. The van der Waals surface area contributed by atoms with Gasteiger partial charge in [0.05, 0.1) is 17.0 Å². The van der Waals surface area contributed by atoms with E-state index in [4.69, 9.17) is 0 Å². The third-order valence-electron chi connectivity index (χ3n) is 3.17. The van der Waals surface area contributed by atoms with Crippen LogP contribution in [0.1, 0.15) is 5.56 Å². The van der Waals surface area contributed by atoms with E-state index < -0.39 is 11.7 Å². The van der Waals surface area contributed by atoms with Crippen LogP contribution in [0.15, 0.2) is 60.7 Å². The van der Waals surface area contributed by atoms with Crippen molar-refractivity contribution in [1.29, 1.82) is 0 Å². The predicted molar refractivity (Wildman–Crippen MR) is 74.5 cm³/mol. The fourth-order valence-electron chi connectivity index (χ4n) is 2.07. The number of aromatic nitrogens is 2. The Morgan fingerprint density at radius 3 is 2.10 bits per heavy atom. The van der Waals surface area contributed by atoms with Gasteiger partial charge in [0.2, 0.25) is 0 Å². The monoisotopic (exact) mass is 288 g/mol. The largest absolute Gasteiger partial charge is 0.416 e. The average Bonchev–Trinajstić information content (AvgIpc) is 2.97. The standard InChI is InChI=1S/C16H11F3N2/c17-16(18,19)13-8-6-12(7-9-13)15-10-14(20-21-15)11-4-2-1-3-5-11/h1-10H,(H,20,21). The highest BCUT2D eigenvalue weighted by molar-refractivity contribution is 5.68. The summed E-state index contributed by atoms with van der Waals surface area (Å²) < 4.78 is 37.6. The Kier molecular flexibility index (Phi) is 3.25. The minimum Gasteiger partial charge on any atom is -0.277 e. The van der Waals surface area contributed by atoms with Crippen molar-refractivity contribution >= 4 is 0 Å². The van der Waals surface area contributed by atoms with Gasteiger partial charge in [-0.1, -0.05) is 42.5 Å². The summed E-state index contributed by atoms with van der Waals surface area (Å²) in [5, 5.41) is 7.03. The Labute approximate surface area is 119 Å². The maximum Gasteiger partial charge on any atom is 0.416 e. The van der Waals surface area contributed by atoms with Crippen LogP contribution in [0.2, 0.25) is 0 Å². The normalized spacial score (nSPS) is 11.6. The van der Waals surface area contributed by atoms with Crippen molar-refractivity contribution in [2.75, 3.05) is 0 Å². The lowest BCUT2D eigenvalue weighted by atomic mass is 10.1. The summed E-state index contributed by atoms with van der Waals surface area (Å²) in [5.74, 6) is 0. The molecule has 21 heavy (non-hydrogen) atoms. The van der Waals surface area contributed by atoms with Crippen LogP contribution >= 0.6 is 0 Å². The topological polar surface area (TPSA) is 28.7 Å². The van der Waals surface area contributed by atoms with E-state index in [1.165, 1.54) is 12.1 Å². The molecule has 0 unspecified atom stereocenters. The van der Waals surface area contributed by atoms with E-state index in [9.17, 15) is 13.2 Å². The quantitative estimate of drug-likeness (QED) is 0.723. The van der Waals surface area contributed by atoms with Gasteiger partial charge in [0, 0.05) is 5.56 Å². The van der Waals surface area contributed by atoms with Crippen LogP contribution in [0.4, 0.5) is 13.2 Å². The molecule has 0 saturated heterocycles. The lowest BCUT2D eigenvalue weighted by Gasteiger charge is -2.06. The third-order valence-corrected chi connectivity index (χ3v) is 3.17. The summed E-state index contributed by atoms with van der Waals surface area (Å²) in [6.07, 6.45) is -4.32. The molecule has 0 amide bonds. The molecule has 0 spiro atoms. The lowest BCUT2D eigenvalue weighted by Crippen LogP contribution is -2.03. The molecule has 0 bridgehead atoms. The van der Waals surface area contributed by atoms with Crippen LogP contribution in [0.25, 0.3) is 22.5 Å². The van der Waals surface area contributed by atoms with Gasteiger partial charge in [-0.25, -0.2) is 0 Å².